The second-order valence-electron chi connectivity index (χ2n) is 4.57. The highest BCUT2D eigenvalue weighted by atomic mass is 16.6. The molecule has 1 saturated heterocycles. The molecule has 0 aliphatic carbocycles. The lowest BCUT2D eigenvalue weighted by molar-refractivity contribution is -0.186. The highest BCUT2D eigenvalue weighted by Crippen LogP contribution is 2.30. The van der Waals surface area contributed by atoms with Gasteiger partial charge in [0.15, 0.2) is 0 Å². The van der Waals surface area contributed by atoms with Gasteiger partial charge in [-0.1, -0.05) is 52.4 Å². The molecule has 1 aliphatic rings. The summed E-state index contributed by atoms with van der Waals surface area (Å²) in [5, 5.41) is 0. The standard InChI is InChI=1S/C13H24O2/c1-3-5-6-7-8-10-11-12(9-4-2)15-13(11)14/h11-12H,3-10H2,1-2H3/t11-,12-/m0/s1. The van der Waals surface area contributed by atoms with E-state index in [0.717, 1.165) is 19.3 Å². The van der Waals surface area contributed by atoms with Crippen molar-refractivity contribution in [3.63, 3.8) is 0 Å². The van der Waals surface area contributed by atoms with E-state index in [0.29, 0.717) is 0 Å². The molecular formula is C13H24O2. The summed E-state index contributed by atoms with van der Waals surface area (Å²) in [5.41, 5.74) is 0. The quantitative estimate of drug-likeness (QED) is 0.453. The second kappa shape index (κ2) is 6.86. The van der Waals surface area contributed by atoms with Crippen molar-refractivity contribution in [2.75, 3.05) is 0 Å². The lowest BCUT2D eigenvalue weighted by atomic mass is 9.88. The van der Waals surface area contributed by atoms with E-state index in [1.807, 2.05) is 0 Å². The molecule has 0 spiro atoms. The minimum atomic E-state index is 0.0453. The zero-order valence-corrected chi connectivity index (χ0v) is 10.1. The molecule has 0 aromatic heterocycles. The summed E-state index contributed by atoms with van der Waals surface area (Å²) in [7, 11) is 0. The van der Waals surface area contributed by atoms with Gasteiger partial charge in [0.2, 0.25) is 0 Å². The minimum Gasteiger partial charge on any atom is -0.461 e. The van der Waals surface area contributed by atoms with E-state index in [1.54, 1.807) is 0 Å². The number of esters is 1. The van der Waals surface area contributed by atoms with Crippen LogP contribution in [0.3, 0.4) is 0 Å². The first-order valence-corrected chi connectivity index (χ1v) is 6.50. The SMILES string of the molecule is CCCCCCC[C@@H]1C(=O)O[C@H]1CCC. The largest absolute Gasteiger partial charge is 0.461 e. The highest BCUT2D eigenvalue weighted by Gasteiger charge is 2.40. The van der Waals surface area contributed by atoms with Gasteiger partial charge in [-0.15, -0.1) is 0 Å². The lowest BCUT2D eigenvalue weighted by Crippen LogP contribution is -2.44. The molecule has 0 radical (unpaired) electrons. The molecule has 15 heavy (non-hydrogen) atoms. The van der Waals surface area contributed by atoms with E-state index in [9.17, 15) is 4.79 Å². The second-order valence-corrected chi connectivity index (χ2v) is 4.57. The number of ether oxygens (including phenoxy) is 1. The summed E-state index contributed by atoms with van der Waals surface area (Å²) in [5.74, 6) is 0.274. The van der Waals surface area contributed by atoms with Crippen molar-refractivity contribution in [2.24, 2.45) is 5.92 Å². The van der Waals surface area contributed by atoms with E-state index in [-0.39, 0.29) is 18.0 Å². The van der Waals surface area contributed by atoms with Crippen LogP contribution in [0.25, 0.3) is 0 Å². The molecule has 2 atom stereocenters. The Hall–Kier alpha value is -0.530. The molecule has 0 unspecified atom stereocenters. The van der Waals surface area contributed by atoms with Crippen molar-refractivity contribution in [1.29, 1.82) is 0 Å². The maximum absolute atomic E-state index is 11.2. The number of carbonyl (C=O) groups excluding carboxylic acids is 1. The molecule has 2 heteroatoms. The number of hydrogen-bond acceptors (Lipinski definition) is 2. The first kappa shape index (κ1) is 12.5. The van der Waals surface area contributed by atoms with Gasteiger partial charge in [-0.3, -0.25) is 4.79 Å². The van der Waals surface area contributed by atoms with E-state index in [1.165, 1.54) is 32.1 Å². The average molecular weight is 212 g/mol. The summed E-state index contributed by atoms with van der Waals surface area (Å²) in [6.45, 7) is 4.37. The van der Waals surface area contributed by atoms with Gasteiger partial charge in [0.25, 0.3) is 0 Å². The normalized spacial score (nSPS) is 24.8. The van der Waals surface area contributed by atoms with Gasteiger partial charge in [-0.2, -0.15) is 0 Å². The molecule has 1 fully saturated rings. The molecule has 0 amide bonds. The maximum atomic E-state index is 11.2. The Morgan fingerprint density at radius 1 is 1.00 bits per heavy atom. The van der Waals surface area contributed by atoms with Crippen molar-refractivity contribution in [2.45, 2.75) is 71.3 Å². The Kier molecular flexibility index (Phi) is 5.74. The van der Waals surface area contributed by atoms with Gasteiger partial charge in [0, 0.05) is 0 Å². The fourth-order valence-corrected chi connectivity index (χ4v) is 2.21. The number of unbranched alkanes of at least 4 members (excludes halogenated alkanes) is 4. The molecule has 0 bridgehead atoms. The van der Waals surface area contributed by atoms with Crippen LogP contribution in [0.15, 0.2) is 0 Å². The summed E-state index contributed by atoms with van der Waals surface area (Å²) < 4.78 is 5.13. The predicted octanol–water partition coefficient (Wildman–Crippen LogP) is 3.69. The van der Waals surface area contributed by atoms with Crippen LogP contribution in [0.5, 0.6) is 0 Å². The first-order valence-electron chi connectivity index (χ1n) is 6.50. The maximum Gasteiger partial charge on any atom is 0.313 e. The Morgan fingerprint density at radius 2 is 1.73 bits per heavy atom. The molecule has 0 aromatic carbocycles. The van der Waals surface area contributed by atoms with Gasteiger partial charge >= 0.3 is 5.97 Å². The fourth-order valence-electron chi connectivity index (χ4n) is 2.21. The molecular weight excluding hydrogens is 188 g/mol. The third kappa shape index (κ3) is 3.84. The molecule has 1 aliphatic heterocycles. The zero-order chi connectivity index (χ0) is 11.1. The fraction of sp³-hybridized carbons (Fsp3) is 0.923. The summed E-state index contributed by atoms with van der Waals surface area (Å²) >= 11 is 0. The Morgan fingerprint density at radius 3 is 2.33 bits per heavy atom. The van der Waals surface area contributed by atoms with Crippen LogP contribution in [0.2, 0.25) is 0 Å². The third-order valence-corrected chi connectivity index (χ3v) is 3.21. The van der Waals surface area contributed by atoms with Crippen LogP contribution in [0.4, 0.5) is 0 Å². The van der Waals surface area contributed by atoms with Crippen molar-refractivity contribution in [3.8, 4) is 0 Å². The van der Waals surface area contributed by atoms with Crippen molar-refractivity contribution < 1.29 is 9.53 Å². The summed E-state index contributed by atoms with van der Waals surface area (Å²) in [4.78, 5) is 11.2. The highest BCUT2D eigenvalue weighted by molar-refractivity contribution is 5.78. The number of rotatable bonds is 8. The Bertz CT molecular complexity index is 189. The van der Waals surface area contributed by atoms with Crippen molar-refractivity contribution in [3.05, 3.63) is 0 Å². The molecule has 88 valence electrons. The summed E-state index contributed by atoms with van der Waals surface area (Å²) in [6.07, 6.45) is 9.85. The van der Waals surface area contributed by atoms with Crippen molar-refractivity contribution in [1.82, 2.24) is 0 Å². The molecule has 2 nitrogen and oxygen atoms in total. The van der Waals surface area contributed by atoms with E-state index < -0.39 is 0 Å². The lowest BCUT2D eigenvalue weighted by Gasteiger charge is -2.35. The van der Waals surface area contributed by atoms with Crippen LogP contribution in [0, 0.1) is 5.92 Å². The van der Waals surface area contributed by atoms with Crippen LogP contribution in [0.1, 0.15) is 65.2 Å². The van der Waals surface area contributed by atoms with Crippen LogP contribution in [-0.2, 0) is 9.53 Å². The predicted molar refractivity (Wildman–Crippen MR) is 61.7 cm³/mol. The van der Waals surface area contributed by atoms with E-state index >= 15 is 0 Å². The number of cyclic esters (lactones) is 1. The molecule has 0 saturated carbocycles. The van der Waals surface area contributed by atoms with Crippen molar-refractivity contribution >= 4 is 5.97 Å². The van der Waals surface area contributed by atoms with Crippen LogP contribution in [-0.4, -0.2) is 12.1 Å². The third-order valence-electron chi connectivity index (χ3n) is 3.21. The van der Waals surface area contributed by atoms with Crippen LogP contribution >= 0.6 is 0 Å². The molecule has 0 aromatic rings. The first-order chi connectivity index (χ1) is 7.29. The zero-order valence-electron chi connectivity index (χ0n) is 10.1. The monoisotopic (exact) mass is 212 g/mol. The topological polar surface area (TPSA) is 26.3 Å². The van der Waals surface area contributed by atoms with Gasteiger partial charge in [-0.05, 0) is 12.8 Å². The smallest absolute Gasteiger partial charge is 0.313 e. The number of carbonyl (C=O) groups is 1. The van der Waals surface area contributed by atoms with Gasteiger partial charge in [0.05, 0.1) is 5.92 Å². The van der Waals surface area contributed by atoms with Crippen LogP contribution < -0.4 is 0 Å². The Labute approximate surface area is 93.4 Å². The van der Waals surface area contributed by atoms with E-state index in [4.69, 9.17) is 4.74 Å². The molecule has 0 N–H and O–H groups in total. The summed E-state index contributed by atoms with van der Waals surface area (Å²) in [6, 6.07) is 0. The number of hydrogen-bond donors (Lipinski definition) is 0. The Balaban J connectivity index is 2.06. The molecule has 1 rings (SSSR count). The minimum absolute atomic E-state index is 0.0453. The van der Waals surface area contributed by atoms with E-state index in [2.05, 4.69) is 13.8 Å². The van der Waals surface area contributed by atoms with Gasteiger partial charge < -0.3 is 4.74 Å². The van der Waals surface area contributed by atoms with Gasteiger partial charge in [0.1, 0.15) is 6.10 Å². The van der Waals surface area contributed by atoms with Gasteiger partial charge in [-0.25, -0.2) is 0 Å². The molecule has 1 heterocycles. The average Bonchev–Trinajstić information content (AvgIpc) is 2.23.